The first-order valence-electron chi connectivity index (χ1n) is 5.51. The summed E-state index contributed by atoms with van der Waals surface area (Å²) in [6, 6.07) is 5.90. The molecule has 0 heterocycles. The normalized spacial score (nSPS) is 10.6. The minimum atomic E-state index is -0.01000. The fraction of sp³-hybridized carbons (Fsp3) is 0.462. The molecular formula is C13H20N2O. The van der Waals surface area contributed by atoms with E-state index in [1.54, 1.807) is 7.05 Å². The van der Waals surface area contributed by atoms with Gasteiger partial charge in [0, 0.05) is 19.2 Å². The summed E-state index contributed by atoms with van der Waals surface area (Å²) in [5.74, 6) is -0.01000. The minimum Gasteiger partial charge on any atom is -0.355 e. The van der Waals surface area contributed by atoms with Crippen molar-refractivity contribution < 1.29 is 4.79 Å². The summed E-state index contributed by atoms with van der Waals surface area (Å²) < 4.78 is 0. The first-order chi connectivity index (χ1) is 7.56. The Balaban J connectivity index is 2.90. The van der Waals surface area contributed by atoms with Crippen LogP contribution in [0.3, 0.4) is 0 Å². The van der Waals surface area contributed by atoms with Crippen LogP contribution in [-0.2, 0) is 6.42 Å². The van der Waals surface area contributed by atoms with Gasteiger partial charge in [-0.1, -0.05) is 12.1 Å². The van der Waals surface area contributed by atoms with Gasteiger partial charge in [0.2, 0.25) is 0 Å². The lowest BCUT2D eigenvalue weighted by molar-refractivity contribution is 0.0962. The van der Waals surface area contributed by atoms with Gasteiger partial charge < -0.3 is 10.2 Å². The second kappa shape index (κ2) is 5.66. The summed E-state index contributed by atoms with van der Waals surface area (Å²) in [4.78, 5) is 13.7. The van der Waals surface area contributed by atoms with Gasteiger partial charge in [0.15, 0.2) is 0 Å². The summed E-state index contributed by atoms with van der Waals surface area (Å²) in [6.07, 6.45) is 0.976. The first-order valence-corrected chi connectivity index (χ1v) is 5.51. The van der Waals surface area contributed by atoms with Crippen LogP contribution in [0, 0.1) is 6.92 Å². The average molecular weight is 220 g/mol. The van der Waals surface area contributed by atoms with E-state index in [0.29, 0.717) is 0 Å². The van der Waals surface area contributed by atoms with Gasteiger partial charge in [-0.15, -0.1) is 0 Å². The molecule has 0 aromatic heterocycles. The molecule has 0 atom stereocenters. The van der Waals surface area contributed by atoms with E-state index in [0.717, 1.165) is 24.1 Å². The molecule has 3 nitrogen and oxygen atoms in total. The topological polar surface area (TPSA) is 32.3 Å². The molecule has 0 saturated carbocycles. The van der Waals surface area contributed by atoms with Gasteiger partial charge in [-0.2, -0.15) is 0 Å². The largest absolute Gasteiger partial charge is 0.355 e. The molecule has 1 amide bonds. The zero-order valence-corrected chi connectivity index (χ0v) is 10.5. The molecule has 0 bridgehead atoms. The molecule has 0 fully saturated rings. The Hall–Kier alpha value is -1.35. The van der Waals surface area contributed by atoms with Crippen LogP contribution in [-0.4, -0.2) is 38.5 Å². The number of amides is 1. The van der Waals surface area contributed by atoms with Crippen LogP contribution in [0.15, 0.2) is 18.2 Å². The molecular weight excluding hydrogens is 200 g/mol. The third-order valence-electron chi connectivity index (χ3n) is 2.75. The van der Waals surface area contributed by atoms with Crippen molar-refractivity contribution in [3.05, 3.63) is 34.9 Å². The lowest BCUT2D eigenvalue weighted by Gasteiger charge is -2.13. The maximum atomic E-state index is 11.6. The van der Waals surface area contributed by atoms with Crippen molar-refractivity contribution >= 4 is 5.91 Å². The number of likely N-dealkylation sites (N-methyl/N-ethyl adjacent to an activating group) is 1. The fourth-order valence-electron chi connectivity index (χ4n) is 1.68. The van der Waals surface area contributed by atoms with E-state index in [2.05, 4.69) is 30.4 Å². The maximum Gasteiger partial charge on any atom is 0.251 e. The highest BCUT2D eigenvalue weighted by molar-refractivity contribution is 5.95. The molecule has 0 unspecified atom stereocenters. The van der Waals surface area contributed by atoms with Crippen LogP contribution in [0.5, 0.6) is 0 Å². The van der Waals surface area contributed by atoms with E-state index in [1.165, 1.54) is 5.56 Å². The van der Waals surface area contributed by atoms with Crippen molar-refractivity contribution in [1.29, 1.82) is 0 Å². The number of rotatable bonds is 4. The minimum absolute atomic E-state index is 0.01000. The van der Waals surface area contributed by atoms with E-state index < -0.39 is 0 Å². The lowest BCUT2D eigenvalue weighted by atomic mass is 9.99. The molecule has 0 aliphatic heterocycles. The van der Waals surface area contributed by atoms with Crippen LogP contribution in [0.1, 0.15) is 21.5 Å². The predicted octanol–water partition coefficient (Wildman–Crippen LogP) is 1.46. The van der Waals surface area contributed by atoms with E-state index in [9.17, 15) is 4.79 Å². The highest BCUT2D eigenvalue weighted by Gasteiger charge is 2.09. The zero-order valence-electron chi connectivity index (χ0n) is 10.5. The van der Waals surface area contributed by atoms with Gasteiger partial charge in [-0.25, -0.2) is 0 Å². The van der Waals surface area contributed by atoms with Crippen molar-refractivity contribution in [2.45, 2.75) is 13.3 Å². The van der Waals surface area contributed by atoms with Gasteiger partial charge in [0.25, 0.3) is 5.91 Å². The Morgan fingerprint density at radius 2 is 2.06 bits per heavy atom. The van der Waals surface area contributed by atoms with Gasteiger partial charge in [-0.05, 0) is 44.6 Å². The van der Waals surface area contributed by atoms with Crippen LogP contribution in [0.4, 0.5) is 0 Å². The van der Waals surface area contributed by atoms with Crippen molar-refractivity contribution in [3.8, 4) is 0 Å². The van der Waals surface area contributed by atoms with Crippen molar-refractivity contribution in [2.24, 2.45) is 0 Å². The van der Waals surface area contributed by atoms with Crippen molar-refractivity contribution in [1.82, 2.24) is 10.2 Å². The summed E-state index contributed by atoms with van der Waals surface area (Å²) in [5.41, 5.74) is 3.11. The van der Waals surface area contributed by atoms with Crippen LogP contribution in [0.25, 0.3) is 0 Å². The highest BCUT2D eigenvalue weighted by atomic mass is 16.1. The van der Waals surface area contributed by atoms with E-state index in [4.69, 9.17) is 0 Å². The second-order valence-electron chi connectivity index (χ2n) is 4.22. The molecule has 0 radical (unpaired) electrons. The summed E-state index contributed by atoms with van der Waals surface area (Å²) in [6.45, 7) is 3.01. The summed E-state index contributed by atoms with van der Waals surface area (Å²) >= 11 is 0. The third-order valence-corrected chi connectivity index (χ3v) is 2.75. The summed E-state index contributed by atoms with van der Waals surface area (Å²) in [7, 11) is 5.77. The Morgan fingerprint density at radius 3 is 2.62 bits per heavy atom. The van der Waals surface area contributed by atoms with Gasteiger partial charge in [0.05, 0.1) is 0 Å². The molecule has 1 rings (SSSR count). The molecule has 0 aliphatic rings. The number of carbonyl (C=O) groups is 1. The van der Waals surface area contributed by atoms with Crippen LogP contribution < -0.4 is 5.32 Å². The van der Waals surface area contributed by atoms with E-state index >= 15 is 0 Å². The molecule has 0 saturated heterocycles. The van der Waals surface area contributed by atoms with Gasteiger partial charge >= 0.3 is 0 Å². The lowest BCUT2D eigenvalue weighted by Crippen LogP contribution is -2.20. The van der Waals surface area contributed by atoms with Gasteiger partial charge in [-0.3, -0.25) is 4.79 Å². The molecule has 1 aromatic carbocycles. The Morgan fingerprint density at radius 1 is 1.38 bits per heavy atom. The zero-order chi connectivity index (χ0) is 12.1. The Bertz CT molecular complexity index is 372. The number of hydrogen-bond acceptors (Lipinski definition) is 2. The smallest absolute Gasteiger partial charge is 0.251 e. The number of nitrogens with zero attached hydrogens (tertiary/aromatic N) is 1. The predicted molar refractivity (Wildman–Crippen MR) is 66.8 cm³/mol. The molecule has 1 N–H and O–H groups in total. The van der Waals surface area contributed by atoms with E-state index in [-0.39, 0.29) is 5.91 Å². The van der Waals surface area contributed by atoms with Crippen molar-refractivity contribution in [2.75, 3.05) is 27.7 Å². The maximum absolute atomic E-state index is 11.6. The number of hydrogen-bond donors (Lipinski definition) is 1. The number of nitrogens with one attached hydrogen (secondary N) is 1. The van der Waals surface area contributed by atoms with E-state index in [1.807, 2.05) is 19.1 Å². The standard InChI is InChI=1S/C13H20N2O/c1-10-11(8-9-15(3)4)6-5-7-12(10)13(16)14-2/h5-7H,8-9H2,1-4H3,(H,14,16). The quantitative estimate of drug-likeness (QED) is 0.833. The molecule has 16 heavy (non-hydrogen) atoms. The number of benzene rings is 1. The van der Waals surface area contributed by atoms with Crippen LogP contribution >= 0.6 is 0 Å². The molecule has 0 aliphatic carbocycles. The molecule has 3 heteroatoms. The second-order valence-corrected chi connectivity index (χ2v) is 4.22. The summed E-state index contributed by atoms with van der Waals surface area (Å²) in [5, 5.41) is 2.66. The molecule has 88 valence electrons. The highest BCUT2D eigenvalue weighted by Crippen LogP contribution is 2.14. The fourth-order valence-corrected chi connectivity index (χ4v) is 1.68. The first kappa shape index (κ1) is 12.7. The number of carbonyl (C=O) groups excluding carboxylic acids is 1. The van der Waals surface area contributed by atoms with Crippen LogP contribution in [0.2, 0.25) is 0 Å². The molecule has 0 spiro atoms. The Labute approximate surface area is 97.5 Å². The monoisotopic (exact) mass is 220 g/mol. The average Bonchev–Trinajstić information content (AvgIpc) is 2.26. The molecule has 1 aromatic rings. The Kier molecular flexibility index (Phi) is 4.50. The van der Waals surface area contributed by atoms with Crippen molar-refractivity contribution in [3.63, 3.8) is 0 Å². The van der Waals surface area contributed by atoms with Gasteiger partial charge in [0.1, 0.15) is 0 Å². The third kappa shape index (κ3) is 3.07. The SMILES string of the molecule is CNC(=O)c1cccc(CCN(C)C)c1C.